The van der Waals surface area contributed by atoms with Gasteiger partial charge in [-0.25, -0.2) is 0 Å². The Labute approximate surface area is 157 Å². The molecule has 1 N–H and O–H groups in total. The minimum Gasteiger partial charge on any atom is -0.493 e. The van der Waals surface area contributed by atoms with Gasteiger partial charge in [-0.3, -0.25) is 14.6 Å². The Morgan fingerprint density at radius 2 is 2.07 bits per heavy atom. The quantitative estimate of drug-likeness (QED) is 0.904. The van der Waals surface area contributed by atoms with Crippen molar-refractivity contribution in [3.8, 4) is 16.9 Å². The molecular formula is C21H22N2O4. The molecule has 0 spiro atoms. The lowest BCUT2D eigenvalue weighted by molar-refractivity contribution is -0.145. The van der Waals surface area contributed by atoms with Crippen molar-refractivity contribution < 1.29 is 19.4 Å². The number of hydrogen-bond donors (Lipinski definition) is 1. The molecule has 0 radical (unpaired) electrons. The van der Waals surface area contributed by atoms with Crippen molar-refractivity contribution in [3.05, 3.63) is 47.8 Å². The zero-order chi connectivity index (χ0) is 19.0. The summed E-state index contributed by atoms with van der Waals surface area (Å²) in [5.41, 5.74) is 3.61. The highest BCUT2D eigenvalue weighted by molar-refractivity contribution is 5.95. The number of carbonyl (C=O) groups excluding carboxylic acids is 1. The fourth-order valence-electron chi connectivity index (χ4n) is 3.96. The number of hydrogen-bond acceptors (Lipinski definition) is 4. The summed E-state index contributed by atoms with van der Waals surface area (Å²) >= 11 is 0. The summed E-state index contributed by atoms with van der Waals surface area (Å²) < 4.78 is 5.55. The van der Waals surface area contributed by atoms with Crippen molar-refractivity contribution in [2.75, 3.05) is 19.7 Å². The Morgan fingerprint density at radius 1 is 1.22 bits per heavy atom. The molecule has 27 heavy (non-hydrogen) atoms. The zero-order valence-corrected chi connectivity index (χ0v) is 15.2. The molecule has 2 aromatic rings. The molecule has 1 saturated heterocycles. The van der Waals surface area contributed by atoms with E-state index in [1.54, 1.807) is 17.3 Å². The maximum atomic E-state index is 12.9. The molecule has 0 saturated carbocycles. The van der Waals surface area contributed by atoms with E-state index in [9.17, 15) is 14.7 Å². The molecule has 1 amide bonds. The number of carbonyl (C=O) groups is 2. The van der Waals surface area contributed by atoms with Gasteiger partial charge < -0.3 is 14.7 Å². The highest BCUT2D eigenvalue weighted by Gasteiger charge is 2.33. The molecule has 3 heterocycles. The number of carboxylic acids is 1. The van der Waals surface area contributed by atoms with Crippen LogP contribution in [0.2, 0.25) is 0 Å². The molecular weight excluding hydrogens is 344 g/mol. The average Bonchev–Trinajstić information content (AvgIpc) is 3.15. The van der Waals surface area contributed by atoms with Gasteiger partial charge in [-0.2, -0.15) is 0 Å². The summed E-state index contributed by atoms with van der Waals surface area (Å²) in [6.45, 7) is 3.51. The lowest BCUT2D eigenvalue weighted by atomic mass is 9.87. The predicted molar refractivity (Wildman–Crippen MR) is 99.7 cm³/mol. The van der Waals surface area contributed by atoms with Crippen LogP contribution in [0.15, 0.2) is 36.7 Å². The lowest BCUT2D eigenvalue weighted by Gasteiger charge is -2.35. The van der Waals surface area contributed by atoms with Gasteiger partial charge in [0, 0.05) is 37.5 Å². The third-order valence-electron chi connectivity index (χ3n) is 5.52. The summed E-state index contributed by atoms with van der Waals surface area (Å²) in [6, 6.07) is 7.90. The van der Waals surface area contributed by atoms with Gasteiger partial charge in [-0.1, -0.05) is 13.0 Å². The third kappa shape index (κ3) is 3.39. The van der Waals surface area contributed by atoms with Crippen LogP contribution < -0.4 is 4.74 Å². The second-order valence-corrected chi connectivity index (χ2v) is 7.35. The number of ether oxygens (including phenoxy) is 1. The number of aliphatic carboxylic acids is 1. The van der Waals surface area contributed by atoms with Crippen LogP contribution in [0.4, 0.5) is 0 Å². The Bertz CT molecular complexity index is 896. The Morgan fingerprint density at radius 3 is 2.85 bits per heavy atom. The first-order valence-electron chi connectivity index (χ1n) is 9.26. The smallest absolute Gasteiger partial charge is 0.306 e. The van der Waals surface area contributed by atoms with Gasteiger partial charge in [-0.15, -0.1) is 0 Å². The van der Waals surface area contributed by atoms with E-state index in [0.29, 0.717) is 31.7 Å². The van der Waals surface area contributed by atoms with E-state index in [4.69, 9.17) is 4.74 Å². The largest absolute Gasteiger partial charge is 0.493 e. The summed E-state index contributed by atoms with van der Waals surface area (Å²) in [5.74, 6) is -0.391. The molecule has 1 aromatic carbocycles. The van der Waals surface area contributed by atoms with Crippen LogP contribution in [0.25, 0.3) is 11.1 Å². The summed E-state index contributed by atoms with van der Waals surface area (Å²) in [7, 11) is 0. The second kappa shape index (κ2) is 7.02. The zero-order valence-electron chi connectivity index (χ0n) is 15.2. The van der Waals surface area contributed by atoms with Crippen molar-refractivity contribution in [3.63, 3.8) is 0 Å². The number of fused-ring (bicyclic) bond motifs is 1. The van der Waals surface area contributed by atoms with Gasteiger partial charge in [0.25, 0.3) is 5.91 Å². The molecule has 2 unspecified atom stereocenters. The van der Waals surface area contributed by atoms with E-state index in [2.05, 4.69) is 11.1 Å². The van der Waals surface area contributed by atoms with Crippen LogP contribution in [0.1, 0.15) is 29.3 Å². The van der Waals surface area contributed by atoms with Gasteiger partial charge >= 0.3 is 5.97 Å². The predicted octanol–water partition coefficient (Wildman–Crippen LogP) is 2.87. The summed E-state index contributed by atoms with van der Waals surface area (Å²) in [6.07, 6.45) is 4.72. The van der Waals surface area contributed by atoms with Gasteiger partial charge in [-0.05, 0) is 41.7 Å². The molecule has 4 rings (SSSR count). The van der Waals surface area contributed by atoms with Gasteiger partial charge in [0.15, 0.2) is 0 Å². The van der Waals surface area contributed by atoms with E-state index in [-0.39, 0.29) is 17.7 Å². The molecule has 0 aliphatic carbocycles. The molecule has 2 atom stereocenters. The number of rotatable bonds is 3. The number of likely N-dealkylation sites (tertiary alicyclic amines) is 1. The van der Waals surface area contributed by atoms with E-state index >= 15 is 0 Å². The first-order chi connectivity index (χ1) is 13.0. The molecule has 6 heteroatoms. The maximum absolute atomic E-state index is 12.9. The van der Waals surface area contributed by atoms with E-state index in [0.717, 1.165) is 23.3 Å². The highest BCUT2D eigenvalue weighted by Crippen LogP contribution is 2.31. The number of benzene rings is 1. The third-order valence-corrected chi connectivity index (χ3v) is 5.52. The van der Waals surface area contributed by atoms with Crippen LogP contribution in [0, 0.1) is 11.8 Å². The number of piperidine rings is 1. The van der Waals surface area contributed by atoms with E-state index in [1.807, 2.05) is 25.1 Å². The number of amides is 1. The van der Waals surface area contributed by atoms with Crippen molar-refractivity contribution in [2.24, 2.45) is 11.8 Å². The maximum Gasteiger partial charge on any atom is 0.306 e. The first kappa shape index (κ1) is 17.5. The number of nitrogens with zero attached hydrogens (tertiary/aromatic N) is 2. The lowest BCUT2D eigenvalue weighted by Crippen LogP contribution is -2.45. The molecule has 2 aliphatic rings. The van der Waals surface area contributed by atoms with Crippen LogP contribution in [0.3, 0.4) is 0 Å². The van der Waals surface area contributed by atoms with Gasteiger partial charge in [0.05, 0.1) is 18.1 Å². The van der Waals surface area contributed by atoms with Crippen molar-refractivity contribution in [1.82, 2.24) is 9.88 Å². The highest BCUT2D eigenvalue weighted by atomic mass is 16.5. The van der Waals surface area contributed by atoms with E-state index in [1.165, 1.54) is 5.56 Å². The Balaban J connectivity index is 1.54. The van der Waals surface area contributed by atoms with E-state index < -0.39 is 5.97 Å². The topological polar surface area (TPSA) is 79.7 Å². The van der Waals surface area contributed by atoms with Crippen LogP contribution >= 0.6 is 0 Å². The molecule has 1 aromatic heterocycles. The molecule has 140 valence electrons. The first-order valence-corrected chi connectivity index (χ1v) is 9.26. The van der Waals surface area contributed by atoms with Crippen LogP contribution in [-0.4, -0.2) is 46.6 Å². The fraction of sp³-hybridized carbons (Fsp3) is 0.381. The van der Waals surface area contributed by atoms with Crippen LogP contribution in [0.5, 0.6) is 5.75 Å². The van der Waals surface area contributed by atoms with Crippen LogP contribution in [-0.2, 0) is 11.2 Å². The standard InChI is InChI=1S/C21H22N2O4/c1-13-12-23(6-4-18(13)21(25)26)20(24)17-9-16(10-22-11-17)14-2-3-19-15(8-14)5-7-27-19/h2-3,8-11,13,18H,4-7,12H2,1H3,(H,25,26). The molecule has 0 bridgehead atoms. The van der Waals surface area contributed by atoms with Crippen molar-refractivity contribution in [2.45, 2.75) is 19.8 Å². The monoisotopic (exact) mass is 366 g/mol. The number of carboxylic acid groups (broad SMARTS) is 1. The van der Waals surface area contributed by atoms with Gasteiger partial charge in [0.2, 0.25) is 0 Å². The minimum absolute atomic E-state index is 0.0620. The normalized spacial score (nSPS) is 21.4. The number of aromatic nitrogens is 1. The Kier molecular flexibility index (Phi) is 4.56. The molecule has 6 nitrogen and oxygen atoms in total. The molecule has 1 fully saturated rings. The minimum atomic E-state index is -0.779. The Hall–Kier alpha value is -2.89. The van der Waals surface area contributed by atoms with Gasteiger partial charge in [0.1, 0.15) is 5.75 Å². The number of pyridine rings is 1. The average molecular weight is 366 g/mol. The summed E-state index contributed by atoms with van der Waals surface area (Å²) in [5, 5.41) is 9.26. The van der Waals surface area contributed by atoms with Crippen molar-refractivity contribution >= 4 is 11.9 Å². The molecule has 2 aliphatic heterocycles. The summed E-state index contributed by atoms with van der Waals surface area (Å²) in [4.78, 5) is 30.2. The van der Waals surface area contributed by atoms with Crippen molar-refractivity contribution in [1.29, 1.82) is 0 Å². The fourth-order valence-corrected chi connectivity index (χ4v) is 3.96. The second-order valence-electron chi connectivity index (χ2n) is 7.35. The SMILES string of the molecule is CC1CN(C(=O)c2cncc(-c3ccc4c(c3)CCO4)c2)CCC1C(=O)O.